The molecule has 0 spiro atoms. The summed E-state index contributed by atoms with van der Waals surface area (Å²) in [6.45, 7) is 4.59. The van der Waals surface area contributed by atoms with Gasteiger partial charge in [0, 0.05) is 12.8 Å². The molecule has 0 aliphatic rings. The third-order valence-corrected chi connectivity index (χ3v) is 10.1. The minimum atomic E-state index is -1.63. The molecule has 0 heterocycles. The average Bonchev–Trinajstić information content (AvgIpc) is 3.19. The predicted octanol–water partition coefficient (Wildman–Crippen LogP) is 11.4. The molecule has 0 rings (SSSR count). The summed E-state index contributed by atoms with van der Waals surface area (Å²) in [5, 5.41) is 11.7. The molecule has 0 saturated carbocycles. The van der Waals surface area contributed by atoms with Gasteiger partial charge < -0.3 is 33.3 Å². The van der Waals surface area contributed by atoms with Crippen LogP contribution in [0.1, 0.15) is 194 Å². The highest BCUT2D eigenvalue weighted by Gasteiger charge is 2.21. The van der Waals surface area contributed by atoms with Crippen molar-refractivity contribution in [3.05, 3.63) is 48.6 Å². The molecule has 59 heavy (non-hydrogen) atoms. The Morgan fingerprint density at radius 1 is 0.525 bits per heavy atom. The maximum absolute atomic E-state index is 12.7. The monoisotopic (exact) mass is 832 g/mol. The van der Waals surface area contributed by atoms with Crippen molar-refractivity contribution >= 4 is 17.9 Å². The first-order chi connectivity index (χ1) is 28.6. The molecule has 0 fully saturated rings. The number of allylic oxidation sites excluding steroid dienone is 8. The Bertz CT molecular complexity index is 1110. The summed E-state index contributed by atoms with van der Waals surface area (Å²) in [6.07, 6.45) is 45.8. The average molecular weight is 832 g/mol. The van der Waals surface area contributed by atoms with E-state index in [2.05, 4.69) is 62.5 Å². The number of aliphatic carboxylic acids is 1. The van der Waals surface area contributed by atoms with Gasteiger partial charge in [0.15, 0.2) is 12.4 Å². The van der Waals surface area contributed by atoms with Crippen LogP contribution in [0.4, 0.5) is 0 Å². The summed E-state index contributed by atoms with van der Waals surface area (Å²) < 4.78 is 22.5. The molecule has 0 aromatic carbocycles. The summed E-state index contributed by atoms with van der Waals surface area (Å²) in [4.78, 5) is 37.0. The highest BCUT2D eigenvalue weighted by molar-refractivity contribution is 5.70. The lowest BCUT2D eigenvalue weighted by Crippen LogP contribution is -2.44. The van der Waals surface area contributed by atoms with Gasteiger partial charge in [-0.05, 0) is 70.6 Å². The van der Waals surface area contributed by atoms with Crippen LogP contribution < -0.4 is 5.11 Å². The first-order valence-corrected chi connectivity index (χ1v) is 23.8. The molecule has 0 saturated heterocycles. The lowest BCUT2D eigenvalue weighted by atomic mass is 10.1. The predicted molar refractivity (Wildman–Crippen MR) is 242 cm³/mol. The van der Waals surface area contributed by atoms with Gasteiger partial charge in [-0.1, -0.05) is 159 Å². The van der Waals surface area contributed by atoms with E-state index < -0.39 is 24.3 Å². The van der Waals surface area contributed by atoms with Gasteiger partial charge in [0.2, 0.25) is 0 Å². The highest BCUT2D eigenvalue weighted by Crippen LogP contribution is 2.14. The number of carbonyl (C=O) groups excluding carboxylic acids is 3. The molecule has 0 N–H and O–H groups in total. The van der Waals surface area contributed by atoms with Crippen LogP contribution in [0, 0.1) is 0 Å². The number of hydrogen-bond acceptors (Lipinski definition) is 8. The number of rotatable bonds is 43. The minimum Gasteiger partial charge on any atom is -0.545 e. The lowest BCUT2D eigenvalue weighted by Gasteiger charge is -2.26. The minimum absolute atomic E-state index is 0.140. The quantitative estimate of drug-likeness (QED) is 0.0196. The first-order valence-electron chi connectivity index (χ1n) is 23.8. The van der Waals surface area contributed by atoms with Gasteiger partial charge in [0.1, 0.15) is 13.2 Å². The van der Waals surface area contributed by atoms with E-state index in [1.165, 1.54) is 103 Å². The molecular formula is C50H89NO8. The summed E-state index contributed by atoms with van der Waals surface area (Å²) >= 11 is 0. The molecule has 2 unspecified atom stereocenters. The van der Waals surface area contributed by atoms with E-state index in [-0.39, 0.29) is 38.6 Å². The standard InChI is InChI=1S/C50H89NO8/c1-6-8-10-12-14-16-18-20-21-22-23-24-25-26-27-29-30-32-34-36-38-40-47(52)57-44-46(45-58-50(49(54)55)56-43-42-51(3,4)5)59-48(53)41-39-37-35-33-31-28-19-17-15-13-11-9-7-2/h9,11,15,17,22-23,28,31,46,50H,6-8,10,12-14,16,18-21,24-27,29-30,32-45H2,1-5H3/b11-9-,17-15-,23-22-,31-28-. The van der Waals surface area contributed by atoms with Crippen molar-refractivity contribution in [2.75, 3.05) is 47.5 Å². The number of carboxylic acid groups (broad SMARTS) is 1. The largest absolute Gasteiger partial charge is 0.545 e. The molecule has 0 aliphatic carbocycles. The highest BCUT2D eigenvalue weighted by atomic mass is 16.7. The maximum Gasteiger partial charge on any atom is 0.306 e. The fraction of sp³-hybridized carbons (Fsp3) is 0.780. The van der Waals surface area contributed by atoms with Crippen LogP contribution in [0.3, 0.4) is 0 Å². The summed E-state index contributed by atoms with van der Waals surface area (Å²) in [5.74, 6) is -2.33. The number of esters is 2. The molecule has 2 atom stereocenters. The maximum atomic E-state index is 12.7. The lowest BCUT2D eigenvalue weighted by molar-refractivity contribution is -0.870. The fourth-order valence-corrected chi connectivity index (χ4v) is 6.37. The van der Waals surface area contributed by atoms with Gasteiger partial charge in [0.05, 0.1) is 40.3 Å². The van der Waals surface area contributed by atoms with E-state index in [0.717, 1.165) is 57.8 Å². The third kappa shape index (κ3) is 43.2. The second-order valence-corrected chi connectivity index (χ2v) is 17.0. The van der Waals surface area contributed by atoms with Crippen LogP contribution in [-0.4, -0.2) is 82.3 Å². The van der Waals surface area contributed by atoms with Crippen LogP contribution in [0.5, 0.6) is 0 Å². The molecule has 0 aromatic rings. The number of carboxylic acids is 1. The van der Waals surface area contributed by atoms with Gasteiger partial charge in [0.25, 0.3) is 0 Å². The van der Waals surface area contributed by atoms with Crippen molar-refractivity contribution < 1.29 is 42.9 Å². The second-order valence-electron chi connectivity index (χ2n) is 17.0. The topological polar surface area (TPSA) is 111 Å². The van der Waals surface area contributed by atoms with E-state index in [0.29, 0.717) is 17.4 Å². The van der Waals surface area contributed by atoms with Gasteiger partial charge in [-0.25, -0.2) is 0 Å². The van der Waals surface area contributed by atoms with Crippen molar-refractivity contribution in [3.8, 4) is 0 Å². The Kier molecular flexibility index (Phi) is 40.0. The number of likely N-dealkylation sites (N-methyl/N-ethyl adjacent to an activating group) is 1. The van der Waals surface area contributed by atoms with Crippen molar-refractivity contribution in [2.45, 2.75) is 206 Å². The first kappa shape index (κ1) is 56.2. The number of nitrogens with zero attached hydrogens (tertiary/aromatic N) is 1. The fourth-order valence-electron chi connectivity index (χ4n) is 6.37. The van der Waals surface area contributed by atoms with Crippen LogP contribution >= 0.6 is 0 Å². The normalized spacial score (nSPS) is 13.3. The third-order valence-electron chi connectivity index (χ3n) is 10.1. The van der Waals surface area contributed by atoms with Gasteiger partial charge in [-0.3, -0.25) is 9.59 Å². The van der Waals surface area contributed by atoms with Gasteiger partial charge in [-0.2, -0.15) is 0 Å². The molecular weight excluding hydrogens is 743 g/mol. The molecule has 0 aromatic heterocycles. The zero-order chi connectivity index (χ0) is 43.5. The van der Waals surface area contributed by atoms with Crippen molar-refractivity contribution in [2.24, 2.45) is 0 Å². The number of unbranched alkanes of at least 4 members (excludes halogenated alkanes) is 20. The van der Waals surface area contributed by atoms with Crippen molar-refractivity contribution in [1.82, 2.24) is 0 Å². The summed E-state index contributed by atoms with van der Waals surface area (Å²) in [5.41, 5.74) is 0. The Hall–Kier alpha value is -2.75. The summed E-state index contributed by atoms with van der Waals surface area (Å²) in [6, 6.07) is 0. The molecule has 0 radical (unpaired) electrons. The van der Waals surface area contributed by atoms with E-state index in [9.17, 15) is 19.5 Å². The van der Waals surface area contributed by atoms with E-state index in [1.807, 2.05) is 21.1 Å². The van der Waals surface area contributed by atoms with Crippen LogP contribution in [0.25, 0.3) is 0 Å². The van der Waals surface area contributed by atoms with E-state index in [4.69, 9.17) is 18.9 Å². The molecule has 9 nitrogen and oxygen atoms in total. The number of ether oxygens (including phenoxy) is 4. The Balaban J connectivity index is 4.36. The van der Waals surface area contributed by atoms with Crippen LogP contribution in [0.15, 0.2) is 48.6 Å². The van der Waals surface area contributed by atoms with Crippen molar-refractivity contribution in [3.63, 3.8) is 0 Å². The molecule has 0 aliphatic heterocycles. The molecule has 0 bridgehead atoms. The van der Waals surface area contributed by atoms with Crippen molar-refractivity contribution in [1.29, 1.82) is 0 Å². The summed E-state index contributed by atoms with van der Waals surface area (Å²) in [7, 11) is 5.89. The molecule has 342 valence electrons. The van der Waals surface area contributed by atoms with E-state index >= 15 is 0 Å². The van der Waals surface area contributed by atoms with Gasteiger partial charge in [-0.15, -0.1) is 0 Å². The number of hydrogen-bond donors (Lipinski definition) is 0. The Labute approximate surface area is 362 Å². The Morgan fingerprint density at radius 3 is 1.47 bits per heavy atom. The number of carbonyl (C=O) groups is 3. The molecule has 0 amide bonds. The molecule has 9 heteroatoms. The smallest absolute Gasteiger partial charge is 0.306 e. The Morgan fingerprint density at radius 2 is 0.966 bits per heavy atom. The second kappa shape index (κ2) is 42.0. The zero-order valence-electron chi connectivity index (χ0n) is 38.6. The SMILES string of the molecule is CC/C=C\C/C=C\C/C=C\CCCCCC(=O)OC(COC(=O)CCCCCCCCCCC/C=C\CCCCCCCCCC)COC(OCC[N+](C)(C)C)C(=O)[O-]. The van der Waals surface area contributed by atoms with Crippen LogP contribution in [0.2, 0.25) is 0 Å². The van der Waals surface area contributed by atoms with Gasteiger partial charge >= 0.3 is 11.9 Å². The van der Waals surface area contributed by atoms with E-state index in [1.54, 1.807) is 0 Å². The number of quaternary nitrogens is 1. The van der Waals surface area contributed by atoms with Crippen LogP contribution in [-0.2, 0) is 33.3 Å². The zero-order valence-corrected chi connectivity index (χ0v) is 38.6.